The first-order chi connectivity index (χ1) is 7.27. The van der Waals surface area contributed by atoms with Crippen LogP contribution in [0.3, 0.4) is 0 Å². The van der Waals surface area contributed by atoms with Crippen molar-refractivity contribution in [2.24, 2.45) is 0 Å². The van der Waals surface area contributed by atoms with E-state index in [-0.39, 0.29) is 5.92 Å². The molecule has 0 fully saturated rings. The van der Waals surface area contributed by atoms with Gasteiger partial charge in [-0.2, -0.15) is 0 Å². The quantitative estimate of drug-likeness (QED) is 0.782. The molecule has 0 amide bonds. The average Bonchev–Trinajstić information content (AvgIpc) is 2.30. The Morgan fingerprint density at radius 2 is 1.33 bits per heavy atom. The molecular formula is C14H13O. The lowest BCUT2D eigenvalue weighted by molar-refractivity contribution is 0.475. The lowest BCUT2D eigenvalue weighted by Gasteiger charge is -2.11. The van der Waals surface area contributed by atoms with Crippen LogP contribution in [-0.4, -0.2) is 5.11 Å². The zero-order chi connectivity index (χ0) is 10.7. The maximum absolute atomic E-state index is 9.19. The van der Waals surface area contributed by atoms with E-state index in [1.807, 2.05) is 30.3 Å². The van der Waals surface area contributed by atoms with E-state index in [0.717, 1.165) is 5.56 Å². The van der Waals surface area contributed by atoms with Gasteiger partial charge in [0.15, 0.2) is 0 Å². The summed E-state index contributed by atoms with van der Waals surface area (Å²) in [4.78, 5) is 0. The molecule has 0 bridgehead atoms. The summed E-state index contributed by atoms with van der Waals surface area (Å²) < 4.78 is 0. The highest BCUT2D eigenvalue weighted by molar-refractivity contribution is 5.36. The second-order valence-electron chi connectivity index (χ2n) is 3.55. The zero-order valence-electron chi connectivity index (χ0n) is 8.43. The third kappa shape index (κ3) is 2.18. The van der Waals surface area contributed by atoms with Gasteiger partial charge in [-0.1, -0.05) is 42.5 Å². The molecule has 15 heavy (non-hydrogen) atoms. The lowest BCUT2D eigenvalue weighted by Crippen LogP contribution is -1.95. The molecule has 1 unspecified atom stereocenters. The summed E-state index contributed by atoms with van der Waals surface area (Å²) in [6.45, 7) is 4.13. The standard InChI is InChI=1S/C14H13O/c1-11(12-5-3-2-4-6-12)13-7-9-14(15)10-8-13/h2-11,15H,1H2. The van der Waals surface area contributed by atoms with Crippen molar-refractivity contribution in [3.63, 3.8) is 0 Å². The van der Waals surface area contributed by atoms with Gasteiger partial charge in [-0.15, -0.1) is 0 Å². The summed E-state index contributed by atoms with van der Waals surface area (Å²) in [7, 11) is 0. The van der Waals surface area contributed by atoms with Gasteiger partial charge in [0.1, 0.15) is 5.75 Å². The van der Waals surface area contributed by atoms with E-state index < -0.39 is 0 Å². The first kappa shape index (κ1) is 9.78. The maximum atomic E-state index is 9.19. The fourth-order valence-electron chi connectivity index (χ4n) is 1.58. The lowest BCUT2D eigenvalue weighted by atomic mass is 9.93. The monoisotopic (exact) mass is 197 g/mol. The number of benzene rings is 2. The summed E-state index contributed by atoms with van der Waals surface area (Å²) in [5, 5.41) is 9.19. The average molecular weight is 197 g/mol. The van der Waals surface area contributed by atoms with Gasteiger partial charge in [0.05, 0.1) is 0 Å². The SMILES string of the molecule is [CH2]C(c1ccccc1)c1ccc(O)cc1. The van der Waals surface area contributed by atoms with Crippen molar-refractivity contribution in [2.75, 3.05) is 0 Å². The highest BCUT2D eigenvalue weighted by Gasteiger charge is 2.07. The molecular weight excluding hydrogens is 184 g/mol. The Morgan fingerprint density at radius 3 is 1.93 bits per heavy atom. The highest BCUT2D eigenvalue weighted by Crippen LogP contribution is 2.24. The zero-order valence-corrected chi connectivity index (χ0v) is 8.43. The molecule has 2 rings (SSSR count). The molecule has 0 saturated carbocycles. The Bertz CT molecular complexity index is 417. The number of hydrogen-bond donors (Lipinski definition) is 1. The van der Waals surface area contributed by atoms with Crippen molar-refractivity contribution >= 4 is 0 Å². The normalized spacial score (nSPS) is 12.3. The van der Waals surface area contributed by atoms with Gasteiger partial charge in [-0.05, 0) is 30.2 Å². The van der Waals surface area contributed by atoms with Crippen LogP contribution < -0.4 is 0 Å². The molecule has 1 heteroatoms. The summed E-state index contributed by atoms with van der Waals surface area (Å²) in [5.74, 6) is 0.408. The third-order valence-corrected chi connectivity index (χ3v) is 2.50. The van der Waals surface area contributed by atoms with Crippen molar-refractivity contribution < 1.29 is 5.11 Å². The Morgan fingerprint density at radius 1 is 0.800 bits per heavy atom. The molecule has 2 aromatic carbocycles. The van der Waals surface area contributed by atoms with Crippen molar-refractivity contribution in [1.29, 1.82) is 0 Å². The third-order valence-electron chi connectivity index (χ3n) is 2.50. The molecule has 0 aliphatic carbocycles. The van der Waals surface area contributed by atoms with Gasteiger partial charge >= 0.3 is 0 Å². The summed E-state index contributed by atoms with van der Waals surface area (Å²) >= 11 is 0. The topological polar surface area (TPSA) is 20.2 Å². The number of aromatic hydroxyl groups is 1. The van der Waals surface area contributed by atoms with Crippen molar-refractivity contribution in [1.82, 2.24) is 0 Å². The maximum Gasteiger partial charge on any atom is 0.115 e. The molecule has 1 nitrogen and oxygen atoms in total. The van der Waals surface area contributed by atoms with E-state index >= 15 is 0 Å². The van der Waals surface area contributed by atoms with Gasteiger partial charge in [0.2, 0.25) is 0 Å². The second-order valence-corrected chi connectivity index (χ2v) is 3.55. The summed E-state index contributed by atoms with van der Waals surface area (Å²) in [6, 6.07) is 17.3. The van der Waals surface area contributed by atoms with E-state index in [1.54, 1.807) is 12.1 Å². The van der Waals surface area contributed by atoms with E-state index in [1.165, 1.54) is 5.56 Å². The van der Waals surface area contributed by atoms with Crippen LogP contribution in [0.4, 0.5) is 0 Å². The van der Waals surface area contributed by atoms with Crippen LogP contribution in [-0.2, 0) is 0 Å². The molecule has 0 spiro atoms. The number of phenolic OH excluding ortho intramolecular Hbond substituents is 1. The van der Waals surface area contributed by atoms with Gasteiger partial charge in [-0.25, -0.2) is 0 Å². The largest absolute Gasteiger partial charge is 0.508 e. The predicted molar refractivity (Wildman–Crippen MR) is 61.7 cm³/mol. The Hall–Kier alpha value is -1.76. The van der Waals surface area contributed by atoms with Crippen molar-refractivity contribution in [2.45, 2.75) is 5.92 Å². The fraction of sp³-hybridized carbons (Fsp3) is 0.0714. The fourth-order valence-corrected chi connectivity index (χ4v) is 1.58. The molecule has 2 aromatic rings. The highest BCUT2D eigenvalue weighted by atomic mass is 16.3. The van der Waals surface area contributed by atoms with Crippen LogP contribution in [0.15, 0.2) is 54.6 Å². The molecule has 0 aliphatic heterocycles. The minimum absolute atomic E-state index is 0.117. The molecule has 1 N–H and O–H groups in total. The Balaban J connectivity index is 2.29. The minimum Gasteiger partial charge on any atom is -0.508 e. The van der Waals surface area contributed by atoms with E-state index in [4.69, 9.17) is 0 Å². The molecule has 1 radical (unpaired) electrons. The Kier molecular flexibility index (Phi) is 2.72. The summed E-state index contributed by atoms with van der Waals surface area (Å²) in [6.07, 6.45) is 0. The van der Waals surface area contributed by atoms with E-state index in [0.29, 0.717) is 5.75 Å². The smallest absolute Gasteiger partial charge is 0.115 e. The van der Waals surface area contributed by atoms with Crippen molar-refractivity contribution in [3.05, 3.63) is 72.6 Å². The van der Waals surface area contributed by atoms with Crippen LogP contribution >= 0.6 is 0 Å². The molecule has 0 aliphatic rings. The number of phenols is 1. The van der Waals surface area contributed by atoms with Gasteiger partial charge < -0.3 is 5.11 Å². The predicted octanol–water partition coefficient (Wildman–Crippen LogP) is 3.36. The molecule has 0 saturated heterocycles. The Labute approximate surface area is 90.0 Å². The molecule has 0 heterocycles. The van der Waals surface area contributed by atoms with Crippen molar-refractivity contribution in [3.8, 4) is 5.75 Å². The number of rotatable bonds is 2. The van der Waals surface area contributed by atoms with Crippen LogP contribution in [0.25, 0.3) is 0 Å². The van der Waals surface area contributed by atoms with Crippen LogP contribution in [0.2, 0.25) is 0 Å². The second kappa shape index (κ2) is 4.18. The molecule has 75 valence electrons. The van der Waals surface area contributed by atoms with Gasteiger partial charge in [0, 0.05) is 5.92 Å². The van der Waals surface area contributed by atoms with Crippen LogP contribution in [0.5, 0.6) is 5.75 Å². The first-order valence-corrected chi connectivity index (χ1v) is 4.94. The van der Waals surface area contributed by atoms with E-state index in [9.17, 15) is 5.11 Å². The number of hydrogen-bond acceptors (Lipinski definition) is 1. The van der Waals surface area contributed by atoms with E-state index in [2.05, 4.69) is 19.1 Å². The van der Waals surface area contributed by atoms with Crippen LogP contribution in [0.1, 0.15) is 17.0 Å². The molecule has 1 atom stereocenters. The van der Waals surface area contributed by atoms with Crippen LogP contribution in [0, 0.1) is 6.92 Å². The van der Waals surface area contributed by atoms with Gasteiger partial charge in [0.25, 0.3) is 0 Å². The first-order valence-electron chi connectivity index (χ1n) is 4.94. The molecule has 0 aromatic heterocycles. The minimum atomic E-state index is 0.117. The summed E-state index contributed by atoms with van der Waals surface area (Å²) in [5.41, 5.74) is 2.29. The van der Waals surface area contributed by atoms with Gasteiger partial charge in [-0.3, -0.25) is 0 Å².